The van der Waals surface area contributed by atoms with Crippen LogP contribution in [0.5, 0.6) is 0 Å². The van der Waals surface area contributed by atoms with Gasteiger partial charge in [0.25, 0.3) is 0 Å². The van der Waals surface area contributed by atoms with Crippen LogP contribution in [-0.4, -0.2) is 26.2 Å². The van der Waals surface area contributed by atoms with Crippen molar-refractivity contribution in [2.45, 2.75) is 43.1 Å². The largest absolute Gasteiger partial charge is 0.325 e. The van der Waals surface area contributed by atoms with E-state index in [1.807, 2.05) is 36.5 Å². The number of nitrogens with two attached hydrogens (primary N) is 1. The van der Waals surface area contributed by atoms with Crippen molar-refractivity contribution in [3.8, 4) is 0 Å². The molecule has 5 heteroatoms. The molecule has 2 N–H and O–H groups in total. The molecule has 1 aromatic rings. The first-order chi connectivity index (χ1) is 8.10. The smallest absolute Gasteiger partial charge is 0.142 e. The summed E-state index contributed by atoms with van der Waals surface area (Å²) in [6.07, 6.45) is 0. The number of nitrogens with zero attached hydrogens (tertiary/aromatic N) is 2. The third-order valence-corrected chi connectivity index (χ3v) is 6.36. The molecule has 0 bridgehead atoms. The fourth-order valence-corrected chi connectivity index (χ4v) is 4.67. The highest BCUT2D eigenvalue weighted by molar-refractivity contribution is 8.07. The van der Waals surface area contributed by atoms with Crippen LogP contribution in [0.1, 0.15) is 36.3 Å². The van der Waals surface area contributed by atoms with Crippen molar-refractivity contribution in [2.75, 3.05) is 5.75 Å². The molecule has 1 fully saturated rings. The minimum atomic E-state index is 0.413. The van der Waals surface area contributed by atoms with E-state index in [1.165, 1.54) is 0 Å². The predicted molar refractivity (Wildman–Crippen MR) is 76.4 cm³/mol. The summed E-state index contributed by atoms with van der Waals surface area (Å²) in [5, 5.41) is 1.79. The molecule has 1 aliphatic rings. The number of aromatic nitrogens is 2. The lowest BCUT2D eigenvalue weighted by molar-refractivity contribution is 0.826. The maximum Gasteiger partial charge on any atom is 0.142 e. The Morgan fingerprint density at radius 1 is 1.35 bits per heavy atom. The normalized spacial score (nSPS) is 29.3. The summed E-state index contributed by atoms with van der Waals surface area (Å²) in [4.78, 5) is 9.13. The average Bonchev–Trinajstić information content (AvgIpc) is 2.32. The second kappa shape index (κ2) is 5.59. The third kappa shape index (κ3) is 3.14. The maximum absolute atomic E-state index is 5.66. The lowest BCUT2D eigenvalue weighted by Crippen LogP contribution is -2.23. The summed E-state index contributed by atoms with van der Waals surface area (Å²) in [6.45, 7) is 7.08. The molecule has 1 saturated heterocycles. The van der Waals surface area contributed by atoms with Crippen LogP contribution >= 0.6 is 23.5 Å². The van der Waals surface area contributed by atoms with E-state index >= 15 is 0 Å². The van der Waals surface area contributed by atoms with Gasteiger partial charge >= 0.3 is 0 Å². The molecule has 0 saturated carbocycles. The highest BCUT2D eigenvalue weighted by atomic mass is 32.2. The minimum Gasteiger partial charge on any atom is -0.325 e. The molecular weight excluding hydrogens is 250 g/mol. The summed E-state index contributed by atoms with van der Waals surface area (Å²) in [5.74, 6) is 2.06. The van der Waals surface area contributed by atoms with Crippen LogP contribution in [0.4, 0.5) is 0 Å². The van der Waals surface area contributed by atoms with Gasteiger partial charge in [-0.1, -0.05) is 13.8 Å². The predicted octanol–water partition coefficient (Wildman–Crippen LogP) is 2.54. The van der Waals surface area contributed by atoms with E-state index in [2.05, 4.69) is 23.8 Å². The zero-order chi connectivity index (χ0) is 12.4. The SMILES string of the molecule is Cc1cc(CN)nc(C2CSC(C)C(C)S2)n1. The Hall–Kier alpha value is -0.260. The molecule has 0 radical (unpaired) electrons. The van der Waals surface area contributed by atoms with Gasteiger partial charge < -0.3 is 5.73 Å². The summed E-state index contributed by atoms with van der Waals surface area (Å²) < 4.78 is 0. The Morgan fingerprint density at radius 2 is 2.12 bits per heavy atom. The summed E-state index contributed by atoms with van der Waals surface area (Å²) in [6, 6.07) is 1.97. The zero-order valence-corrected chi connectivity index (χ0v) is 12.1. The number of rotatable bonds is 2. The van der Waals surface area contributed by atoms with E-state index < -0.39 is 0 Å². The molecule has 0 aliphatic carbocycles. The molecule has 0 spiro atoms. The first-order valence-electron chi connectivity index (χ1n) is 5.91. The molecule has 3 unspecified atom stereocenters. The van der Waals surface area contributed by atoms with Crippen LogP contribution in [0.3, 0.4) is 0 Å². The van der Waals surface area contributed by atoms with Crippen LogP contribution < -0.4 is 5.73 Å². The molecule has 3 nitrogen and oxygen atoms in total. The number of thioether (sulfide) groups is 2. The Morgan fingerprint density at radius 3 is 2.76 bits per heavy atom. The van der Waals surface area contributed by atoms with Gasteiger partial charge in [0, 0.05) is 28.5 Å². The van der Waals surface area contributed by atoms with Gasteiger partial charge in [0.2, 0.25) is 0 Å². The molecule has 17 heavy (non-hydrogen) atoms. The zero-order valence-electron chi connectivity index (χ0n) is 10.5. The van der Waals surface area contributed by atoms with Gasteiger partial charge in [-0.25, -0.2) is 9.97 Å². The average molecular weight is 269 g/mol. The van der Waals surface area contributed by atoms with Crippen molar-refractivity contribution < 1.29 is 0 Å². The topological polar surface area (TPSA) is 51.8 Å². The molecule has 0 aromatic carbocycles. The molecule has 1 aromatic heterocycles. The van der Waals surface area contributed by atoms with Gasteiger partial charge in [0.05, 0.1) is 10.9 Å². The molecule has 2 heterocycles. The second-order valence-corrected chi connectivity index (χ2v) is 7.43. The van der Waals surface area contributed by atoms with Crippen molar-refractivity contribution in [3.63, 3.8) is 0 Å². The molecule has 2 rings (SSSR count). The lowest BCUT2D eigenvalue weighted by atomic mass is 10.3. The Labute approximate surface area is 111 Å². The Bertz CT molecular complexity index is 397. The van der Waals surface area contributed by atoms with E-state index in [-0.39, 0.29) is 0 Å². The van der Waals surface area contributed by atoms with Crippen molar-refractivity contribution >= 4 is 23.5 Å². The standard InChI is InChI=1S/C12H19N3S2/c1-7-4-10(5-13)15-12(14-7)11-6-16-8(2)9(3)17-11/h4,8-9,11H,5-6,13H2,1-3H3. The first-order valence-corrected chi connectivity index (χ1v) is 7.91. The van der Waals surface area contributed by atoms with E-state index in [9.17, 15) is 0 Å². The van der Waals surface area contributed by atoms with Crippen molar-refractivity contribution in [1.82, 2.24) is 9.97 Å². The van der Waals surface area contributed by atoms with Crippen LogP contribution in [0, 0.1) is 6.92 Å². The van der Waals surface area contributed by atoms with Crippen LogP contribution in [0.25, 0.3) is 0 Å². The van der Waals surface area contributed by atoms with Gasteiger partial charge in [-0.3, -0.25) is 0 Å². The van der Waals surface area contributed by atoms with Crippen LogP contribution in [-0.2, 0) is 6.54 Å². The summed E-state index contributed by atoms with van der Waals surface area (Å²) in [7, 11) is 0. The van der Waals surface area contributed by atoms with Gasteiger partial charge in [0.15, 0.2) is 0 Å². The molecule has 0 amide bonds. The van der Waals surface area contributed by atoms with E-state index in [1.54, 1.807) is 0 Å². The van der Waals surface area contributed by atoms with Crippen molar-refractivity contribution in [1.29, 1.82) is 0 Å². The quantitative estimate of drug-likeness (QED) is 0.894. The number of hydrogen-bond acceptors (Lipinski definition) is 5. The Kier molecular flexibility index (Phi) is 4.33. The summed E-state index contributed by atoms with van der Waals surface area (Å²) in [5.41, 5.74) is 7.63. The minimum absolute atomic E-state index is 0.413. The van der Waals surface area contributed by atoms with E-state index in [4.69, 9.17) is 5.73 Å². The van der Waals surface area contributed by atoms with E-state index in [0.29, 0.717) is 17.0 Å². The van der Waals surface area contributed by atoms with Crippen LogP contribution in [0.15, 0.2) is 6.07 Å². The Balaban J connectivity index is 2.19. The van der Waals surface area contributed by atoms with Crippen molar-refractivity contribution in [3.05, 3.63) is 23.3 Å². The number of hydrogen-bond donors (Lipinski definition) is 1. The number of aryl methyl sites for hydroxylation is 1. The van der Waals surface area contributed by atoms with Gasteiger partial charge in [0.1, 0.15) is 5.82 Å². The molecule has 1 aliphatic heterocycles. The highest BCUT2D eigenvalue weighted by Crippen LogP contribution is 2.43. The highest BCUT2D eigenvalue weighted by Gasteiger charge is 2.28. The third-order valence-electron chi connectivity index (χ3n) is 2.97. The molecular formula is C12H19N3S2. The molecule has 94 valence electrons. The second-order valence-electron chi connectivity index (χ2n) is 4.43. The fraction of sp³-hybridized carbons (Fsp3) is 0.667. The van der Waals surface area contributed by atoms with Gasteiger partial charge in [-0.05, 0) is 13.0 Å². The lowest BCUT2D eigenvalue weighted by Gasteiger charge is -2.30. The van der Waals surface area contributed by atoms with Crippen molar-refractivity contribution in [2.24, 2.45) is 5.73 Å². The first kappa shape index (κ1) is 13.2. The molecule has 3 atom stereocenters. The fourth-order valence-electron chi connectivity index (χ4n) is 1.83. The van der Waals surface area contributed by atoms with Gasteiger partial charge in [-0.15, -0.1) is 11.8 Å². The van der Waals surface area contributed by atoms with E-state index in [0.717, 1.165) is 28.2 Å². The van der Waals surface area contributed by atoms with Crippen LogP contribution in [0.2, 0.25) is 0 Å². The monoisotopic (exact) mass is 269 g/mol. The summed E-state index contributed by atoms with van der Waals surface area (Å²) >= 11 is 4.01. The van der Waals surface area contributed by atoms with Gasteiger partial charge in [-0.2, -0.15) is 11.8 Å². The maximum atomic E-state index is 5.66.